The maximum Gasteiger partial charge on any atom is 0.198 e. The van der Waals surface area contributed by atoms with Gasteiger partial charge >= 0.3 is 0 Å². The molecule has 0 amide bonds. The molecule has 24 heavy (non-hydrogen) atoms. The quantitative estimate of drug-likeness (QED) is 0.704. The van der Waals surface area contributed by atoms with E-state index in [0.29, 0.717) is 6.61 Å². The Morgan fingerprint density at radius 3 is 2.33 bits per heavy atom. The molecular weight excluding hydrogens is 308 g/mol. The van der Waals surface area contributed by atoms with E-state index in [0.717, 1.165) is 12.8 Å². The lowest BCUT2D eigenvalue weighted by Gasteiger charge is -2.20. The SMILES string of the molecule is CCCCOCc1c(O)cc2c(c1O)C(=O)c1ccccc1C2=O. The molecule has 0 unspecified atom stereocenters. The van der Waals surface area contributed by atoms with Crippen LogP contribution in [0.4, 0.5) is 0 Å². The van der Waals surface area contributed by atoms with Gasteiger partial charge in [-0.25, -0.2) is 0 Å². The number of fused-ring (bicyclic) bond motifs is 2. The van der Waals surface area contributed by atoms with E-state index in [9.17, 15) is 19.8 Å². The number of benzene rings is 2. The summed E-state index contributed by atoms with van der Waals surface area (Å²) in [6, 6.07) is 7.70. The van der Waals surface area contributed by atoms with Gasteiger partial charge in [-0.15, -0.1) is 0 Å². The van der Waals surface area contributed by atoms with Crippen molar-refractivity contribution in [1.82, 2.24) is 0 Å². The lowest BCUT2D eigenvalue weighted by atomic mass is 9.82. The van der Waals surface area contributed by atoms with Gasteiger partial charge in [0.25, 0.3) is 0 Å². The molecule has 1 aliphatic rings. The summed E-state index contributed by atoms with van der Waals surface area (Å²) in [7, 11) is 0. The van der Waals surface area contributed by atoms with E-state index in [1.807, 2.05) is 6.92 Å². The predicted molar refractivity (Wildman–Crippen MR) is 87.6 cm³/mol. The second kappa shape index (κ2) is 6.45. The molecule has 0 fully saturated rings. The molecule has 2 N–H and O–H groups in total. The first-order valence-corrected chi connectivity index (χ1v) is 7.90. The van der Waals surface area contributed by atoms with Crippen LogP contribution in [0.3, 0.4) is 0 Å². The number of hydrogen-bond acceptors (Lipinski definition) is 5. The normalized spacial score (nSPS) is 12.9. The van der Waals surface area contributed by atoms with E-state index < -0.39 is 5.78 Å². The summed E-state index contributed by atoms with van der Waals surface area (Å²) in [5, 5.41) is 20.6. The van der Waals surface area contributed by atoms with Gasteiger partial charge in [0.1, 0.15) is 11.5 Å². The minimum absolute atomic E-state index is 0.0195. The van der Waals surface area contributed by atoms with Crippen molar-refractivity contribution in [3.05, 3.63) is 58.1 Å². The smallest absolute Gasteiger partial charge is 0.198 e. The highest BCUT2D eigenvalue weighted by atomic mass is 16.5. The molecule has 0 aromatic heterocycles. The first-order chi connectivity index (χ1) is 11.6. The van der Waals surface area contributed by atoms with Crippen molar-refractivity contribution < 1.29 is 24.5 Å². The minimum atomic E-state index is -0.424. The van der Waals surface area contributed by atoms with E-state index in [2.05, 4.69) is 0 Å². The number of carbonyl (C=O) groups excluding carboxylic acids is 2. The Bertz CT molecular complexity index is 823. The van der Waals surface area contributed by atoms with Crippen LogP contribution < -0.4 is 0 Å². The van der Waals surface area contributed by atoms with Crippen LogP contribution in [-0.2, 0) is 11.3 Å². The van der Waals surface area contributed by atoms with Gasteiger partial charge in [-0.3, -0.25) is 9.59 Å². The van der Waals surface area contributed by atoms with Gasteiger partial charge < -0.3 is 14.9 Å². The molecule has 5 nitrogen and oxygen atoms in total. The number of rotatable bonds is 5. The van der Waals surface area contributed by atoms with Crippen LogP contribution in [-0.4, -0.2) is 28.4 Å². The first-order valence-electron chi connectivity index (χ1n) is 7.90. The van der Waals surface area contributed by atoms with Crippen molar-refractivity contribution >= 4 is 11.6 Å². The fourth-order valence-electron chi connectivity index (χ4n) is 2.83. The second-order valence-corrected chi connectivity index (χ2v) is 5.76. The van der Waals surface area contributed by atoms with Gasteiger partial charge in [-0.2, -0.15) is 0 Å². The molecule has 2 aromatic rings. The summed E-state index contributed by atoms with van der Waals surface area (Å²) in [5.41, 5.74) is 0.622. The predicted octanol–water partition coefficient (Wildman–Crippen LogP) is 3.19. The van der Waals surface area contributed by atoms with E-state index in [4.69, 9.17) is 4.74 Å². The largest absolute Gasteiger partial charge is 0.507 e. The van der Waals surface area contributed by atoms with Crippen LogP contribution in [0.2, 0.25) is 0 Å². The number of ketones is 2. The van der Waals surface area contributed by atoms with Crippen molar-refractivity contribution in [3.63, 3.8) is 0 Å². The number of carbonyl (C=O) groups is 2. The lowest BCUT2D eigenvalue weighted by molar-refractivity contribution is 0.0972. The van der Waals surface area contributed by atoms with Crippen LogP contribution in [0.5, 0.6) is 11.5 Å². The molecule has 0 aliphatic heterocycles. The van der Waals surface area contributed by atoms with Gasteiger partial charge in [0.15, 0.2) is 11.6 Å². The Hall–Kier alpha value is -2.66. The van der Waals surface area contributed by atoms with Gasteiger partial charge in [0.2, 0.25) is 0 Å². The molecule has 0 spiro atoms. The standard InChI is InChI=1S/C19H18O5/c1-2-3-8-24-10-14-15(20)9-13-16(19(14)23)18(22)12-7-5-4-6-11(12)17(13)21/h4-7,9,20,23H,2-3,8,10H2,1H3. The lowest BCUT2D eigenvalue weighted by Crippen LogP contribution is -2.21. The highest BCUT2D eigenvalue weighted by molar-refractivity contribution is 6.29. The Labute approximate surface area is 139 Å². The Balaban J connectivity index is 2.05. The Kier molecular flexibility index (Phi) is 4.36. The van der Waals surface area contributed by atoms with Crippen molar-refractivity contribution in [3.8, 4) is 11.5 Å². The van der Waals surface area contributed by atoms with Crippen molar-refractivity contribution in [2.45, 2.75) is 26.4 Å². The van der Waals surface area contributed by atoms with Gasteiger partial charge in [-0.05, 0) is 12.5 Å². The van der Waals surface area contributed by atoms with Crippen molar-refractivity contribution in [1.29, 1.82) is 0 Å². The molecule has 1 aliphatic carbocycles. The van der Waals surface area contributed by atoms with Gasteiger partial charge in [0.05, 0.1) is 17.7 Å². The molecule has 0 bridgehead atoms. The fraction of sp³-hybridized carbons (Fsp3) is 0.263. The van der Waals surface area contributed by atoms with Crippen LogP contribution in [0.1, 0.15) is 57.2 Å². The maximum atomic E-state index is 12.7. The topological polar surface area (TPSA) is 83.8 Å². The third-order valence-corrected chi connectivity index (χ3v) is 4.16. The van der Waals surface area contributed by atoms with Crippen molar-refractivity contribution in [2.24, 2.45) is 0 Å². The van der Waals surface area contributed by atoms with E-state index in [-0.39, 0.29) is 51.7 Å². The summed E-state index contributed by atoms with van der Waals surface area (Å²) < 4.78 is 5.43. The number of aromatic hydroxyl groups is 2. The molecule has 3 rings (SSSR count). The van der Waals surface area contributed by atoms with Crippen LogP contribution in [0.25, 0.3) is 0 Å². The molecule has 0 radical (unpaired) electrons. The van der Waals surface area contributed by atoms with Crippen LogP contribution in [0.15, 0.2) is 30.3 Å². The molecule has 0 heterocycles. The van der Waals surface area contributed by atoms with E-state index in [1.54, 1.807) is 24.3 Å². The molecular formula is C19H18O5. The summed E-state index contributed by atoms with van der Waals surface area (Å²) in [6.07, 6.45) is 1.82. The van der Waals surface area contributed by atoms with Gasteiger partial charge in [-0.1, -0.05) is 37.6 Å². The number of ether oxygens (including phenoxy) is 1. The Morgan fingerprint density at radius 1 is 1.00 bits per heavy atom. The average Bonchev–Trinajstić information content (AvgIpc) is 2.58. The molecule has 124 valence electrons. The molecule has 5 heteroatoms. The van der Waals surface area contributed by atoms with Gasteiger partial charge in [0, 0.05) is 23.3 Å². The first kappa shape index (κ1) is 16.2. The molecule has 0 atom stereocenters. The molecule has 2 aromatic carbocycles. The van der Waals surface area contributed by atoms with E-state index in [1.165, 1.54) is 6.07 Å². The monoisotopic (exact) mass is 326 g/mol. The molecule has 0 saturated heterocycles. The fourth-order valence-corrected chi connectivity index (χ4v) is 2.83. The highest BCUT2D eigenvalue weighted by Crippen LogP contribution is 2.39. The zero-order valence-electron chi connectivity index (χ0n) is 13.3. The zero-order chi connectivity index (χ0) is 17.3. The number of hydrogen-bond donors (Lipinski definition) is 2. The van der Waals surface area contributed by atoms with Crippen LogP contribution in [0, 0.1) is 0 Å². The minimum Gasteiger partial charge on any atom is -0.507 e. The Morgan fingerprint density at radius 2 is 1.67 bits per heavy atom. The maximum absolute atomic E-state index is 12.7. The number of phenols is 2. The summed E-state index contributed by atoms with van der Waals surface area (Å²) in [6.45, 7) is 2.50. The van der Waals surface area contributed by atoms with Crippen molar-refractivity contribution in [2.75, 3.05) is 6.61 Å². The summed E-state index contributed by atoms with van der Waals surface area (Å²) in [4.78, 5) is 25.2. The highest BCUT2D eigenvalue weighted by Gasteiger charge is 2.34. The number of unbranched alkanes of at least 4 members (excludes halogenated alkanes) is 1. The zero-order valence-corrected chi connectivity index (χ0v) is 13.3. The summed E-state index contributed by atoms with van der Waals surface area (Å²) in [5.74, 6) is -1.44. The summed E-state index contributed by atoms with van der Waals surface area (Å²) >= 11 is 0. The molecule has 0 saturated carbocycles. The number of phenolic OH excluding ortho intramolecular Hbond substituents is 2. The van der Waals surface area contributed by atoms with Crippen LogP contribution >= 0.6 is 0 Å². The average molecular weight is 326 g/mol. The van der Waals surface area contributed by atoms with E-state index >= 15 is 0 Å². The second-order valence-electron chi connectivity index (χ2n) is 5.76. The third-order valence-electron chi connectivity index (χ3n) is 4.16. The third kappa shape index (κ3) is 2.57.